The van der Waals surface area contributed by atoms with Crippen molar-refractivity contribution in [3.8, 4) is 11.1 Å². The second kappa shape index (κ2) is 10.4. The van der Waals surface area contributed by atoms with Gasteiger partial charge in [-0.25, -0.2) is 23.1 Å². The molecule has 42 heavy (non-hydrogen) atoms. The molecule has 4 heterocycles. The number of carbonyl (C=O) groups excluding carboxylic acids is 1. The number of pyridine rings is 1. The summed E-state index contributed by atoms with van der Waals surface area (Å²) in [4.78, 5) is 25.9. The van der Waals surface area contributed by atoms with E-state index < -0.39 is 23.5 Å². The van der Waals surface area contributed by atoms with E-state index in [1.807, 2.05) is 24.3 Å². The minimum absolute atomic E-state index is 0.0501. The van der Waals surface area contributed by atoms with Crippen LogP contribution in [0.2, 0.25) is 0 Å². The largest absolute Gasteiger partial charge is 0.361 e. The molecule has 0 fully saturated rings. The quantitative estimate of drug-likeness (QED) is 0.193. The van der Waals surface area contributed by atoms with E-state index in [1.54, 1.807) is 24.0 Å². The first-order chi connectivity index (χ1) is 20.4. The number of thiazole rings is 1. The molecule has 11 heteroatoms. The third kappa shape index (κ3) is 4.99. The Morgan fingerprint density at radius 3 is 2.64 bits per heavy atom. The molecule has 0 bridgehead atoms. The zero-order valence-corrected chi connectivity index (χ0v) is 22.6. The number of nitrogens with one attached hydrogen (secondary N) is 3. The molecular formula is C31H21F3N6OS. The van der Waals surface area contributed by atoms with E-state index in [0.717, 1.165) is 21.8 Å². The van der Waals surface area contributed by atoms with Crippen LogP contribution in [0.5, 0.6) is 0 Å². The van der Waals surface area contributed by atoms with Crippen molar-refractivity contribution in [2.24, 2.45) is 0 Å². The number of hydrogen-bond acceptors (Lipinski definition) is 5. The zero-order chi connectivity index (χ0) is 28.8. The third-order valence-corrected chi connectivity index (χ3v) is 8.01. The highest BCUT2D eigenvalue weighted by Crippen LogP contribution is 2.34. The molecule has 7 aromatic rings. The molecule has 4 aromatic heterocycles. The summed E-state index contributed by atoms with van der Waals surface area (Å²) in [6.07, 6.45) is 3.26. The van der Waals surface area contributed by atoms with Gasteiger partial charge in [0.15, 0.2) is 0 Å². The Bertz CT molecular complexity index is 2100. The number of benzene rings is 3. The number of H-pyrrole nitrogens is 2. The summed E-state index contributed by atoms with van der Waals surface area (Å²) in [7, 11) is 0. The summed E-state index contributed by atoms with van der Waals surface area (Å²) in [6.45, 7) is 0. The van der Waals surface area contributed by atoms with E-state index in [4.69, 9.17) is 4.98 Å². The molecule has 3 aromatic carbocycles. The van der Waals surface area contributed by atoms with Gasteiger partial charge in [-0.15, -0.1) is 11.3 Å². The van der Waals surface area contributed by atoms with Crippen LogP contribution in [0.1, 0.15) is 22.9 Å². The standard InChI is InChI=1S/C31H21F3N6OS/c32-19-2-3-24-22(11-19)18(13-35-24)9-30(41)38-27(7-16-5-20(33)10-21(34)6-16)31-23(12-25-28(39-31)14-37-40-25)17-1-4-29-26(8-17)36-15-42-29/h1-6,8,10-15,27,35H,7,9H2,(H,37,40)(H,38,41). The summed E-state index contributed by atoms with van der Waals surface area (Å²) in [6, 6.07) is 14.6. The number of carbonyl (C=O) groups is 1. The molecule has 1 amide bonds. The van der Waals surface area contributed by atoms with Crippen molar-refractivity contribution in [3.05, 3.63) is 113 Å². The lowest BCUT2D eigenvalue weighted by atomic mass is 9.94. The number of aromatic nitrogens is 5. The van der Waals surface area contributed by atoms with Crippen molar-refractivity contribution in [3.63, 3.8) is 0 Å². The molecule has 0 spiro atoms. The molecule has 0 radical (unpaired) electrons. The fourth-order valence-corrected chi connectivity index (χ4v) is 5.97. The van der Waals surface area contributed by atoms with E-state index in [9.17, 15) is 18.0 Å². The van der Waals surface area contributed by atoms with E-state index in [0.29, 0.717) is 44.3 Å². The smallest absolute Gasteiger partial charge is 0.225 e. The van der Waals surface area contributed by atoms with Gasteiger partial charge in [0.1, 0.15) is 23.0 Å². The van der Waals surface area contributed by atoms with E-state index in [-0.39, 0.29) is 18.7 Å². The number of nitrogens with zero attached hydrogens (tertiary/aromatic N) is 3. The van der Waals surface area contributed by atoms with Crippen molar-refractivity contribution in [2.75, 3.05) is 0 Å². The normalized spacial score (nSPS) is 12.4. The number of amides is 1. The van der Waals surface area contributed by atoms with Crippen molar-refractivity contribution in [1.82, 2.24) is 30.5 Å². The van der Waals surface area contributed by atoms with Crippen LogP contribution in [-0.2, 0) is 17.6 Å². The second-order valence-corrected chi connectivity index (χ2v) is 10.9. The van der Waals surface area contributed by atoms with Gasteiger partial charge in [-0.05, 0) is 71.6 Å². The van der Waals surface area contributed by atoms with Crippen LogP contribution in [0.25, 0.3) is 43.3 Å². The Labute approximate surface area is 240 Å². The van der Waals surface area contributed by atoms with Crippen molar-refractivity contribution < 1.29 is 18.0 Å². The molecule has 7 nitrogen and oxygen atoms in total. The van der Waals surface area contributed by atoms with Gasteiger partial charge in [0.2, 0.25) is 5.91 Å². The Morgan fingerprint density at radius 2 is 1.79 bits per heavy atom. The monoisotopic (exact) mass is 582 g/mol. The van der Waals surface area contributed by atoms with E-state index >= 15 is 0 Å². The first-order valence-electron chi connectivity index (χ1n) is 13.1. The first kappa shape index (κ1) is 25.9. The van der Waals surface area contributed by atoms with Gasteiger partial charge < -0.3 is 10.3 Å². The van der Waals surface area contributed by atoms with Crippen molar-refractivity contribution >= 4 is 49.4 Å². The Balaban J connectivity index is 1.32. The molecule has 0 aliphatic carbocycles. The van der Waals surface area contributed by atoms with Crippen LogP contribution in [0, 0.1) is 17.5 Å². The highest BCUT2D eigenvalue weighted by molar-refractivity contribution is 7.16. The second-order valence-electron chi connectivity index (χ2n) is 10.0. The predicted molar refractivity (Wildman–Crippen MR) is 155 cm³/mol. The van der Waals surface area contributed by atoms with E-state index in [1.165, 1.54) is 35.6 Å². The number of rotatable bonds is 7. The van der Waals surface area contributed by atoms with Crippen LogP contribution in [-0.4, -0.2) is 31.1 Å². The molecule has 208 valence electrons. The van der Waals surface area contributed by atoms with E-state index in [2.05, 4.69) is 25.5 Å². The summed E-state index contributed by atoms with van der Waals surface area (Å²) in [5.41, 5.74) is 7.53. The van der Waals surface area contributed by atoms with Gasteiger partial charge in [0.05, 0.1) is 45.6 Å². The summed E-state index contributed by atoms with van der Waals surface area (Å²) in [5.74, 6) is -2.21. The Kier molecular flexibility index (Phi) is 6.43. The van der Waals surface area contributed by atoms with Gasteiger partial charge in [-0.1, -0.05) is 6.07 Å². The molecule has 0 aliphatic rings. The molecule has 0 aliphatic heterocycles. The topological polar surface area (TPSA) is 99.4 Å². The summed E-state index contributed by atoms with van der Waals surface area (Å²) < 4.78 is 43.4. The number of halogens is 3. The van der Waals surface area contributed by atoms with Crippen LogP contribution in [0.4, 0.5) is 13.2 Å². The fraction of sp³-hybridized carbons (Fsp3) is 0.0968. The van der Waals surface area contributed by atoms with Gasteiger partial charge in [0.25, 0.3) is 0 Å². The molecular weight excluding hydrogens is 561 g/mol. The minimum Gasteiger partial charge on any atom is -0.361 e. The van der Waals surface area contributed by atoms with Gasteiger partial charge in [0, 0.05) is 28.7 Å². The molecule has 0 saturated heterocycles. The lowest BCUT2D eigenvalue weighted by Gasteiger charge is -2.22. The van der Waals surface area contributed by atoms with Gasteiger partial charge in [-0.3, -0.25) is 9.89 Å². The maximum Gasteiger partial charge on any atom is 0.225 e. The number of aromatic amines is 2. The highest BCUT2D eigenvalue weighted by atomic mass is 32.1. The minimum atomic E-state index is -0.777. The molecule has 3 N–H and O–H groups in total. The van der Waals surface area contributed by atoms with Gasteiger partial charge in [-0.2, -0.15) is 5.10 Å². The lowest BCUT2D eigenvalue weighted by molar-refractivity contribution is -0.121. The van der Waals surface area contributed by atoms with Crippen LogP contribution in [0.3, 0.4) is 0 Å². The van der Waals surface area contributed by atoms with Crippen LogP contribution in [0.15, 0.2) is 78.6 Å². The van der Waals surface area contributed by atoms with Crippen LogP contribution < -0.4 is 5.32 Å². The SMILES string of the molecule is O=C(Cc1c[nH]c2ccc(F)cc12)NC(Cc1cc(F)cc(F)c1)c1nc2cn[nH]c2cc1-c1ccc2scnc2c1. The summed E-state index contributed by atoms with van der Waals surface area (Å²) in [5, 5.41) is 10.7. The average molecular weight is 583 g/mol. The first-order valence-corrected chi connectivity index (χ1v) is 13.9. The van der Waals surface area contributed by atoms with Crippen LogP contribution >= 0.6 is 11.3 Å². The maximum absolute atomic E-state index is 14.2. The molecule has 0 saturated carbocycles. The average Bonchev–Trinajstić information content (AvgIpc) is 3.71. The third-order valence-electron chi connectivity index (χ3n) is 7.20. The molecule has 1 unspecified atom stereocenters. The Morgan fingerprint density at radius 1 is 0.929 bits per heavy atom. The summed E-state index contributed by atoms with van der Waals surface area (Å²) >= 11 is 1.52. The zero-order valence-electron chi connectivity index (χ0n) is 21.8. The van der Waals surface area contributed by atoms with Crippen molar-refractivity contribution in [2.45, 2.75) is 18.9 Å². The number of hydrogen-bond donors (Lipinski definition) is 3. The molecule has 7 rings (SSSR count). The van der Waals surface area contributed by atoms with Crippen molar-refractivity contribution in [1.29, 1.82) is 0 Å². The Hall–Kier alpha value is -5.03. The molecule has 1 atom stereocenters. The highest BCUT2D eigenvalue weighted by Gasteiger charge is 2.24. The fourth-order valence-electron chi connectivity index (χ4n) is 5.31. The lowest BCUT2D eigenvalue weighted by Crippen LogP contribution is -2.32. The maximum atomic E-state index is 14.2. The number of fused-ring (bicyclic) bond motifs is 3. The van der Waals surface area contributed by atoms with Gasteiger partial charge >= 0.3 is 0 Å². The predicted octanol–water partition coefficient (Wildman–Crippen LogP) is 6.78.